The van der Waals surface area contributed by atoms with Crippen LogP contribution in [-0.4, -0.2) is 41.0 Å². The molecule has 0 aromatic rings. The van der Waals surface area contributed by atoms with Gasteiger partial charge in [-0.25, -0.2) is 4.57 Å². The molecule has 0 aliphatic heterocycles. The number of hydrogen-bond donors (Lipinski definition) is 2. The van der Waals surface area contributed by atoms with Crippen LogP contribution in [-0.2, 0) is 28.2 Å². The summed E-state index contributed by atoms with van der Waals surface area (Å²) in [5.41, 5.74) is 0. The molecule has 0 heterocycles. The highest BCUT2D eigenvalue weighted by Crippen LogP contribution is 2.36. The van der Waals surface area contributed by atoms with E-state index in [4.69, 9.17) is 19.3 Å². The largest absolute Gasteiger partial charge is 0.469 e. The summed E-state index contributed by atoms with van der Waals surface area (Å²) in [5, 5.41) is 0. The quantitative estimate of drug-likeness (QED) is 0.0357. The summed E-state index contributed by atoms with van der Waals surface area (Å²) in [7, 11) is -4.75. The molecule has 0 fully saturated rings. The second kappa shape index (κ2) is 40.7. The molecule has 9 heteroatoms. The Kier molecular flexibility index (Phi) is 40.0. The number of unbranched alkanes of at least 4 members (excludes halogenated alkanes) is 33. The molecule has 0 saturated heterocycles. The molecule has 0 aromatic carbocycles. The van der Waals surface area contributed by atoms with E-state index < -0.39 is 32.5 Å². The van der Waals surface area contributed by atoms with Gasteiger partial charge < -0.3 is 19.3 Å². The standard InChI is InChI=1S/C44H87O8P/c1-3-5-7-9-11-13-15-17-19-21-22-23-25-27-29-31-33-35-37-39-44(46)52-42(41-51-53(47,48)49)40-50-43(45)38-36-34-32-30-28-26-24-20-18-16-14-12-10-8-6-4-2/h42H,3-41H2,1-2H3,(H2,47,48,49). The van der Waals surface area contributed by atoms with Crippen molar-refractivity contribution in [3.05, 3.63) is 0 Å². The normalized spacial score (nSPS) is 12.3. The van der Waals surface area contributed by atoms with Gasteiger partial charge in [0.1, 0.15) is 6.61 Å². The second-order valence-corrected chi connectivity index (χ2v) is 17.0. The zero-order chi connectivity index (χ0) is 38.9. The minimum atomic E-state index is -4.75. The Morgan fingerprint density at radius 1 is 0.415 bits per heavy atom. The first-order chi connectivity index (χ1) is 25.8. The van der Waals surface area contributed by atoms with E-state index in [1.165, 1.54) is 186 Å². The van der Waals surface area contributed by atoms with Crippen LogP contribution in [0.4, 0.5) is 0 Å². The van der Waals surface area contributed by atoms with Crippen LogP contribution in [0.15, 0.2) is 0 Å². The SMILES string of the molecule is CCCCCCCCCCCCCCCCCCCCCC(=O)OC(COC(=O)CCCCCCCCCCCCCCCCCC)COP(=O)(O)O. The molecule has 2 N–H and O–H groups in total. The Morgan fingerprint density at radius 2 is 0.679 bits per heavy atom. The van der Waals surface area contributed by atoms with Gasteiger partial charge in [0.15, 0.2) is 6.10 Å². The van der Waals surface area contributed by atoms with Crippen molar-refractivity contribution in [1.82, 2.24) is 0 Å². The summed E-state index contributed by atoms with van der Waals surface area (Å²) in [5.74, 6) is -0.864. The Labute approximate surface area is 327 Å². The lowest BCUT2D eigenvalue weighted by atomic mass is 10.0. The van der Waals surface area contributed by atoms with E-state index in [9.17, 15) is 14.2 Å². The first kappa shape index (κ1) is 52.0. The van der Waals surface area contributed by atoms with Gasteiger partial charge >= 0.3 is 19.8 Å². The summed E-state index contributed by atoms with van der Waals surface area (Å²) in [6.07, 6.45) is 44.0. The molecule has 0 aliphatic carbocycles. The number of phosphoric acid groups is 1. The predicted octanol–water partition coefficient (Wildman–Crippen LogP) is 14.0. The van der Waals surface area contributed by atoms with Crippen LogP contribution in [0.2, 0.25) is 0 Å². The molecule has 0 rings (SSSR count). The number of rotatable bonds is 43. The van der Waals surface area contributed by atoms with Gasteiger partial charge in [-0.05, 0) is 12.8 Å². The molecule has 53 heavy (non-hydrogen) atoms. The monoisotopic (exact) mass is 775 g/mol. The van der Waals surface area contributed by atoms with Crippen molar-refractivity contribution >= 4 is 19.8 Å². The summed E-state index contributed by atoms with van der Waals surface area (Å²) in [6.45, 7) is 3.73. The molecule has 0 spiro atoms. The Morgan fingerprint density at radius 3 is 0.962 bits per heavy atom. The highest BCUT2D eigenvalue weighted by atomic mass is 31.2. The van der Waals surface area contributed by atoms with Crippen molar-refractivity contribution in [3.63, 3.8) is 0 Å². The van der Waals surface area contributed by atoms with Crippen LogP contribution in [0, 0.1) is 0 Å². The van der Waals surface area contributed by atoms with Crippen molar-refractivity contribution in [2.75, 3.05) is 13.2 Å². The van der Waals surface area contributed by atoms with Crippen molar-refractivity contribution in [2.45, 2.75) is 258 Å². The summed E-state index contributed by atoms with van der Waals surface area (Å²) in [6, 6.07) is 0. The Bertz CT molecular complexity index is 832. The van der Waals surface area contributed by atoms with E-state index in [2.05, 4.69) is 18.4 Å². The Balaban J connectivity index is 3.81. The predicted molar refractivity (Wildman–Crippen MR) is 221 cm³/mol. The summed E-state index contributed by atoms with van der Waals surface area (Å²) >= 11 is 0. The third-order valence-corrected chi connectivity index (χ3v) is 10.9. The van der Waals surface area contributed by atoms with E-state index in [1.807, 2.05) is 0 Å². The topological polar surface area (TPSA) is 119 Å². The zero-order valence-corrected chi connectivity index (χ0v) is 35.8. The van der Waals surface area contributed by atoms with Crippen molar-refractivity contribution < 1.29 is 37.9 Å². The van der Waals surface area contributed by atoms with Crippen LogP contribution >= 0.6 is 7.82 Å². The Hall–Kier alpha value is -0.950. The number of esters is 2. The third kappa shape index (κ3) is 43.6. The van der Waals surface area contributed by atoms with E-state index >= 15 is 0 Å². The van der Waals surface area contributed by atoms with Gasteiger partial charge in [0.25, 0.3) is 0 Å². The molecule has 316 valence electrons. The number of ether oxygens (including phenoxy) is 2. The van der Waals surface area contributed by atoms with Gasteiger partial charge in [0.05, 0.1) is 6.61 Å². The lowest BCUT2D eigenvalue weighted by Gasteiger charge is -2.18. The van der Waals surface area contributed by atoms with Crippen molar-refractivity contribution in [3.8, 4) is 0 Å². The molecular formula is C44H87O8P. The van der Waals surface area contributed by atoms with Gasteiger partial charge in [-0.1, -0.05) is 226 Å². The first-order valence-corrected chi connectivity index (χ1v) is 24.4. The number of phosphoric ester groups is 1. The van der Waals surface area contributed by atoms with Gasteiger partial charge in [-0.3, -0.25) is 14.1 Å². The third-order valence-electron chi connectivity index (χ3n) is 10.4. The van der Waals surface area contributed by atoms with Gasteiger partial charge in [-0.15, -0.1) is 0 Å². The van der Waals surface area contributed by atoms with Crippen LogP contribution < -0.4 is 0 Å². The molecular weight excluding hydrogens is 687 g/mol. The number of carbonyl (C=O) groups excluding carboxylic acids is 2. The molecule has 0 aliphatic rings. The summed E-state index contributed by atoms with van der Waals surface area (Å²) < 4.78 is 26.5. The highest BCUT2D eigenvalue weighted by Gasteiger charge is 2.23. The fourth-order valence-electron chi connectivity index (χ4n) is 6.96. The van der Waals surface area contributed by atoms with E-state index in [0.29, 0.717) is 6.42 Å². The minimum Gasteiger partial charge on any atom is -0.462 e. The average Bonchev–Trinajstić information content (AvgIpc) is 3.13. The molecule has 0 bridgehead atoms. The van der Waals surface area contributed by atoms with Crippen LogP contribution in [0.25, 0.3) is 0 Å². The average molecular weight is 775 g/mol. The van der Waals surface area contributed by atoms with Crippen molar-refractivity contribution in [1.29, 1.82) is 0 Å². The van der Waals surface area contributed by atoms with E-state index in [1.54, 1.807) is 0 Å². The molecule has 1 atom stereocenters. The molecule has 8 nitrogen and oxygen atoms in total. The van der Waals surface area contributed by atoms with Crippen LogP contribution in [0.5, 0.6) is 0 Å². The zero-order valence-electron chi connectivity index (χ0n) is 34.9. The van der Waals surface area contributed by atoms with Crippen molar-refractivity contribution in [2.24, 2.45) is 0 Å². The minimum absolute atomic E-state index is 0.221. The molecule has 0 radical (unpaired) electrons. The number of carbonyl (C=O) groups is 2. The van der Waals surface area contributed by atoms with Gasteiger partial charge in [-0.2, -0.15) is 0 Å². The molecule has 0 saturated carbocycles. The lowest BCUT2D eigenvalue weighted by molar-refractivity contribution is -0.161. The highest BCUT2D eigenvalue weighted by molar-refractivity contribution is 7.46. The van der Waals surface area contributed by atoms with E-state index in [-0.39, 0.29) is 19.4 Å². The molecule has 0 amide bonds. The molecule has 1 unspecified atom stereocenters. The molecule has 0 aromatic heterocycles. The fourth-order valence-corrected chi connectivity index (χ4v) is 7.32. The smallest absolute Gasteiger partial charge is 0.462 e. The maximum absolute atomic E-state index is 12.4. The maximum atomic E-state index is 12.4. The maximum Gasteiger partial charge on any atom is 0.469 e. The first-order valence-electron chi connectivity index (χ1n) is 22.8. The second-order valence-electron chi connectivity index (χ2n) is 15.7. The van der Waals surface area contributed by atoms with Crippen LogP contribution in [0.3, 0.4) is 0 Å². The number of hydrogen-bond acceptors (Lipinski definition) is 6. The van der Waals surface area contributed by atoms with Crippen LogP contribution in [0.1, 0.15) is 251 Å². The fraction of sp³-hybridized carbons (Fsp3) is 0.955. The van der Waals surface area contributed by atoms with E-state index in [0.717, 1.165) is 32.1 Å². The van der Waals surface area contributed by atoms with Gasteiger partial charge in [0.2, 0.25) is 0 Å². The van der Waals surface area contributed by atoms with Gasteiger partial charge in [0, 0.05) is 12.8 Å². The lowest BCUT2D eigenvalue weighted by Crippen LogP contribution is -2.29. The summed E-state index contributed by atoms with van der Waals surface area (Å²) in [4.78, 5) is 42.9.